The van der Waals surface area contributed by atoms with Gasteiger partial charge in [-0.2, -0.15) is 0 Å². The van der Waals surface area contributed by atoms with E-state index in [9.17, 15) is 14.7 Å². The molecule has 9 heteroatoms. The summed E-state index contributed by atoms with van der Waals surface area (Å²) >= 11 is 6.00. The van der Waals surface area contributed by atoms with Crippen molar-refractivity contribution < 1.29 is 9.90 Å². The lowest BCUT2D eigenvalue weighted by atomic mass is 9.73. The fraction of sp³-hybridized carbons (Fsp3) is 0.500. The summed E-state index contributed by atoms with van der Waals surface area (Å²) in [5.41, 5.74) is 0.267. The van der Waals surface area contributed by atoms with Gasteiger partial charge < -0.3 is 10.0 Å². The van der Waals surface area contributed by atoms with Gasteiger partial charge in [-0.1, -0.05) is 32.4 Å². The minimum atomic E-state index is -0.899. The molecule has 1 amide bonds. The number of nitrogens with zero attached hydrogens (tertiary/aromatic N) is 5. The van der Waals surface area contributed by atoms with Crippen LogP contribution in [0.15, 0.2) is 29.2 Å². The average Bonchev–Trinajstić information content (AvgIpc) is 3.21. The Bertz CT molecular complexity index is 1050. The van der Waals surface area contributed by atoms with Gasteiger partial charge >= 0.3 is 6.09 Å². The number of anilines is 1. The Kier molecular flexibility index (Phi) is 4.38. The molecule has 2 unspecified atom stereocenters. The van der Waals surface area contributed by atoms with Crippen molar-refractivity contribution in [1.29, 1.82) is 0 Å². The topological polar surface area (TPSA) is 91.6 Å². The first-order valence-electron chi connectivity index (χ1n) is 9.51. The molecule has 2 atom stereocenters. The van der Waals surface area contributed by atoms with Crippen molar-refractivity contribution in [2.45, 2.75) is 38.8 Å². The maximum atomic E-state index is 12.7. The molecule has 2 fully saturated rings. The molecule has 0 saturated carbocycles. The number of pyridine rings is 1. The Morgan fingerprint density at radius 2 is 2.07 bits per heavy atom. The maximum Gasteiger partial charge on any atom is 0.407 e. The Balaban J connectivity index is 1.79. The average molecular weight is 418 g/mol. The number of likely N-dealkylation sites (tertiary alicyclic amines) is 1. The van der Waals surface area contributed by atoms with E-state index in [-0.39, 0.29) is 17.0 Å². The molecular weight excluding hydrogens is 394 g/mol. The van der Waals surface area contributed by atoms with Crippen LogP contribution < -0.4 is 10.5 Å². The lowest BCUT2D eigenvalue weighted by molar-refractivity contribution is 0.0360. The van der Waals surface area contributed by atoms with Gasteiger partial charge in [0.25, 0.3) is 5.56 Å². The van der Waals surface area contributed by atoms with Gasteiger partial charge in [0.15, 0.2) is 0 Å². The Hall–Kier alpha value is -2.61. The van der Waals surface area contributed by atoms with Crippen LogP contribution in [0.2, 0.25) is 5.15 Å². The van der Waals surface area contributed by atoms with E-state index in [1.807, 2.05) is 0 Å². The highest BCUT2D eigenvalue weighted by Gasteiger charge is 2.62. The standard InChI is InChI=1S/C20H24ClN5O3/c1-19(2,3)20-9-13(10-26(20)18(28)29)25(11-20)17-23-14(8-16(27)24(17)4)12-5-6-22-15(21)7-12/h5-8,13H,9-11H2,1-4H3,(H,28,29). The number of amides is 1. The van der Waals surface area contributed by atoms with Crippen LogP contribution in [0.25, 0.3) is 11.3 Å². The van der Waals surface area contributed by atoms with Crippen LogP contribution in [-0.4, -0.2) is 55.3 Å². The van der Waals surface area contributed by atoms with Crippen LogP contribution >= 0.6 is 11.6 Å². The molecule has 0 aliphatic carbocycles. The van der Waals surface area contributed by atoms with Crippen LogP contribution in [0.3, 0.4) is 0 Å². The van der Waals surface area contributed by atoms with Gasteiger partial charge in [0.2, 0.25) is 5.95 Å². The Morgan fingerprint density at radius 1 is 1.34 bits per heavy atom. The SMILES string of the molecule is Cn1c(N2CC3(C(C)(C)C)CC2CN3C(=O)O)nc(-c2ccnc(Cl)c2)cc1=O. The predicted octanol–water partition coefficient (Wildman–Crippen LogP) is 2.85. The zero-order chi connectivity index (χ0) is 21.1. The fourth-order valence-electron chi connectivity index (χ4n) is 4.66. The molecule has 2 aromatic rings. The molecule has 4 heterocycles. The zero-order valence-corrected chi connectivity index (χ0v) is 17.6. The van der Waals surface area contributed by atoms with E-state index in [2.05, 4.69) is 30.7 Å². The third-order valence-corrected chi connectivity index (χ3v) is 6.58. The van der Waals surface area contributed by atoms with Gasteiger partial charge in [-0.15, -0.1) is 0 Å². The molecule has 0 radical (unpaired) electrons. The smallest absolute Gasteiger partial charge is 0.407 e. The van der Waals surface area contributed by atoms with E-state index in [0.717, 1.165) is 0 Å². The Morgan fingerprint density at radius 3 is 2.69 bits per heavy atom. The van der Waals surface area contributed by atoms with Crippen LogP contribution in [0, 0.1) is 5.41 Å². The minimum Gasteiger partial charge on any atom is -0.465 e. The molecule has 0 aromatic carbocycles. The number of fused-ring (bicyclic) bond motifs is 2. The van der Waals surface area contributed by atoms with E-state index in [4.69, 9.17) is 16.6 Å². The van der Waals surface area contributed by atoms with Crippen LogP contribution in [0.4, 0.5) is 10.7 Å². The van der Waals surface area contributed by atoms with Gasteiger partial charge in [0.05, 0.1) is 17.3 Å². The van der Waals surface area contributed by atoms with Crippen molar-refractivity contribution in [2.24, 2.45) is 12.5 Å². The van der Waals surface area contributed by atoms with E-state index >= 15 is 0 Å². The van der Waals surface area contributed by atoms with E-state index in [1.54, 1.807) is 30.3 Å². The van der Waals surface area contributed by atoms with Crippen molar-refractivity contribution in [3.63, 3.8) is 0 Å². The number of aromatic nitrogens is 3. The molecular formula is C20H24ClN5O3. The molecule has 2 aromatic heterocycles. The maximum absolute atomic E-state index is 12.7. The number of carbonyl (C=O) groups is 1. The summed E-state index contributed by atoms with van der Waals surface area (Å²) in [4.78, 5) is 37.0. The molecule has 154 valence electrons. The van der Waals surface area contributed by atoms with Crippen LogP contribution in [0.5, 0.6) is 0 Å². The summed E-state index contributed by atoms with van der Waals surface area (Å²) in [6.07, 6.45) is 1.39. The minimum absolute atomic E-state index is 0.0281. The fourth-order valence-corrected chi connectivity index (χ4v) is 4.83. The molecule has 0 spiro atoms. The predicted molar refractivity (Wildman–Crippen MR) is 110 cm³/mol. The molecule has 2 aliphatic rings. The van der Waals surface area contributed by atoms with E-state index in [0.29, 0.717) is 41.9 Å². The summed E-state index contributed by atoms with van der Waals surface area (Å²) in [5.74, 6) is 0.543. The van der Waals surface area contributed by atoms with E-state index in [1.165, 1.54) is 10.6 Å². The first kappa shape index (κ1) is 19.7. The van der Waals surface area contributed by atoms with Gasteiger partial charge in [0.1, 0.15) is 5.15 Å². The van der Waals surface area contributed by atoms with Crippen molar-refractivity contribution in [2.75, 3.05) is 18.0 Å². The quantitative estimate of drug-likeness (QED) is 0.755. The highest BCUT2D eigenvalue weighted by molar-refractivity contribution is 6.29. The van der Waals surface area contributed by atoms with Crippen molar-refractivity contribution >= 4 is 23.6 Å². The highest BCUT2D eigenvalue weighted by Crippen LogP contribution is 2.51. The van der Waals surface area contributed by atoms with Crippen molar-refractivity contribution in [1.82, 2.24) is 19.4 Å². The largest absolute Gasteiger partial charge is 0.465 e. The van der Waals surface area contributed by atoms with Gasteiger partial charge in [-0.25, -0.2) is 14.8 Å². The number of rotatable bonds is 2. The monoisotopic (exact) mass is 417 g/mol. The first-order chi connectivity index (χ1) is 13.5. The number of halogens is 1. The second kappa shape index (κ2) is 6.45. The summed E-state index contributed by atoms with van der Waals surface area (Å²) in [6, 6.07) is 4.88. The normalized spacial score (nSPS) is 23.7. The molecule has 29 heavy (non-hydrogen) atoms. The number of hydrogen-bond acceptors (Lipinski definition) is 5. The summed E-state index contributed by atoms with van der Waals surface area (Å²) in [6.45, 7) is 7.09. The molecule has 1 N–H and O–H groups in total. The third-order valence-electron chi connectivity index (χ3n) is 6.37. The molecule has 8 nitrogen and oxygen atoms in total. The number of piperazine rings is 1. The van der Waals surface area contributed by atoms with Crippen LogP contribution in [-0.2, 0) is 7.05 Å². The molecule has 2 aliphatic heterocycles. The lowest BCUT2D eigenvalue weighted by Gasteiger charge is -2.48. The van der Waals surface area contributed by atoms with Gasteiger partial charge in [-0.05, 0) is 24.0 Å². The van der Waals surface area contributed by atoms with Crippen LogP contribution in [0.1, 0.15) is 27.2 Å². The number of hydrogen-bond donors (Lipinski definition) is 1. The Labute approximate surface area is 173 Å². The molecule has 2 saturated heterocycles. The summed E-state index contributed by atoms with van der Waals surface area (Å²) in [5, 5.41) is 10.1. The first-order valence-corrected chi connectivity index (χ1v) is 9.88. The highest BCUT2D eigenvalue weighted by atomic mass is 35.5. The van der Waals surface area contributed by atoms with Gasteiger partial charge in [0, 0.05) is 38.0 Å². The number of carboxylic acid groups (broad SMARTS) is 1. The zero-order valence-electron chi connectivity index (χ0n) is 16.9. The molecule has 4 rings (SSSR count). The van der Waals surface area contributed by atoms with E-state index < -0.39 is 11.6 Å². The second-order valence-corrected chi connectivity index (χ2v) is 9.25. The van der Waals surface area contributed by atoms with Gasteiger partial charge in [-0.3, -0.25) is 14.3 Å². The summed E-state index contributed by atoms with van der Waals surface area (Å²) < 4.78 is 1.52. The summed E-state index contributed by atoms with van der Waals surface area (Å²) in [7, 11) is 1.69. The lowest BCUT2D eigenvalue weighted by Crippen LogP contribution is -2.62. The van der Waals surface area contributed by atoms with Crippen molar-refractivity contribution in [3.8, 4) is 11.3 Å². The molecule has 2 bridgehead atoms. The third kappa shape index (κ3) is 2.97. The van der Waals surface area contributed by atoms with Crippen molar-refractivity contribution in [3.05, 3.63) is 39.9 Å². The second-order valence-electron chi connectivity index (χ2n) is 8.87.